The van der Waals surface area contributed by atoms with E-state index in [1.54, 1.807) is 42.4 Å². The van der Waals surface area contributed by atoms with Crippen LogP contribution in [0, 0.1) is 23.5 Å². The molecule has 0 bridgehead atoms. The van der Waals surface area contributed by atoms with Crippen LogP contribution >= 0.6 is 11.6 Å². The van der Waals surface area contributed by atoms with Gasteiger partial charge in [0.15, 0.2) is 0 Å². The van der Waals surface area contributed by atoms with Gasteiger partial charge in [-0.2, -0.15) is 26.9 Å². The number of anilines is 1. The molecule has 0 spiro atoms. The highest BCUT2D eigenvalue weighted by atomic mass is 35.5. The van der Waals surface area contributed by atoms with Crippen molar-refractivity contribution in [2.45, 2.75) is 23.8 Å². The van der Waals surface area contributed by atoms with E-state index in [2.05, 4.69) is 4.98 Å². The Morgan fingerprint density at radius 1 is 0.923 bits per heavy atom. The van der Waals surface area contributed by atoms with Gasteiger partial charge in [0.2, 0.25) is 21.7 Å². The first-order valence-corrected chi connectivity index (χ1v) is 14.0. The van der Waals surface area contributed by atoms with E-state index in [1.807, 2.05) is 0 Å². The Morgan fingerprint density at radius 2 is 1.54 bits per heavy atom. The van der Waals surface area contributed by atoms with Crippen LogP contribution in [0.5, 0.6) is 0 Å². The van der Waals surface area contributed by atoms with Crippen molar-refractivity contribution in [1.29, 1.82) is 0 Å². The Morgan fingerprint density at radius 3 is 2.18 bits per heavy atom. The number of piperazine rings is 1. The van der Waals surface area contributed by atoms with E-state index in [9.17, 15) is 30.8 Å². The number of hydrogen-bond acceptors (Lipinski definition) is 6. The van der Waals surface area contributed by atoms with Crippen molar-refractivity contribution >= 4 is 44.0 Å². The van der Waals surface area contributed by atoms with Gasteiger partial charge in [0.05, 0.1) is 18.0 Å². The SMILES string of the molecule is CN(C1CCN(c2c(F)c(F)nc(F)c2F)CC1)N1CCN(S(=O)(=O)c2ccc3cc(Cl)ccc3c2)CC1=O. The molecule has 39 heavy (non-hydrogen) atoms. The zero-order valence-electron chi connectivity index (χ0n) is 20.8. The summed E-state index contributed by atoms with van der Waals surface area (Å²) in [6.45, 7) is 0.00295. The van der Waals surface area contributed by atoms with Crippen LogP contribution in [-0.2, 0) is 14.8 Å². The number of hydrazine groups is 1. The number of aromatic nitrogens is 1. The molecule has 0 saturated carbocycles. The van der Waals surface area contributed by atoms with E-state index >= 15 is 0 Å². The first-order chi connectivity index (χ1) is 18.5. The molecule has 2 fully saturated rings. The Hall–Kier alpha value is -3.00. The fourth-order valence-corrected chi connectivity index (χ4v) is 6.70. The summed E-state index contributed by atoms with van der Waals surface area (Å²) in [4.78, 5) is 16.9. The highest BCUT2D eigenvalue weighted by Gasteiger charge is 2.37. The van der Waals surface area contributed by atoms with E-state index in [-0.39, 0.29) is 43.7 Å². The molecule has 2 aliphatic rings. The number of benzene rings is 2. The molecule has 14 heteroatoms. The van der Waals surface area contributed by atoms with Crippen LogP contribution in [0.1, 0.15) is 12.8 Å². The van der Waals surface area contributed by atoms with Gasteiger partial charge in [-0.15, -0.1) is 0 Å². The minimum atomic E-state index is -3.93. The highest BCUT2D eigenvalue weighted by molar-refractivity contribution is 7.89. The molecule has 5 rings (SSSR count). The second-order valence-corrected chi connectivity index (χ2v) is 11.8. The average molecular weight is 586 g/mol. The van der Waals surface area contributed by atoms with Gasteiger partial charge in [0, 0.05) is 37.7 Å². The van der Waals surface area contributed by atoms with Crippen LogP contribution in [-0.4, -0.2) is 79.4 Å². The highest BCUT2D eigenvalue weighted by Crippen LogP contribution is 2.30. The van der Waals surface area contributed by atoms with Crippen molar-refractivity contribution in [2.24, 2.45) is 0 Å². The minimum absolute atomic E-state index is 0.0713. The molecule has 2 aliphatic heterocycles. The minimum Gasteiger partial charge on any atom is -0.366 e. The van der Waals surface area contributed by atoms with Gasteiger partial charge in [0.1, 0.15) is 5.69 Å². The number of piperidine rings is 1. The molecule has 3 heterocycles. The maximum Gasteiger partial charge on any atom is 0.253 e. The monoisotopic (exact) mass is 585 g/mol. The molecule has 0 aliphatic carbocycles. The number of nitrogens with zero attached hydrogens (tertiary/aromatic N) is 5. The second-order valence-electron chi connectivity index (χ2n) is 9.47. The van der Waals surface area contributed by atoms with E-state index in [0.29, 0.717) is 23.3 Å². The molecule has 1 amide bonds. The average Bonchev–Trinajstić information content (AvgIpc) is 2.91. The lowest BCUT2D eigenvalue weighted by Gasteiger charge is -2.44. The number of halogens is 5. The van der Waals surface area contributed by atoms with E-state index in [0.717, 1.165) is 9.69 Å². The molecule has 2 saturated heterocycles. The van der Waals surface area contributed by atoms with Crippen molar-refractivity contribution in [1.82, 2.24) is 19.3 Å². The number of rotatable bonds is 5. The lowest BCUT2D eigenvalue weighted by atomic mass is 10.0. The summed E-state index contributed by atoms with van der Waals surface area (Å²) in [6, 6.07) is 9.60. The van der Waals surface area contributed by atoms with Crippen molar-refractivity contribution in [3.05, 3.63) is 65.0 Å². The zero-order chi connectivity index (χ0) is 28.1. The molecule has 0 unspecified atom stereocenters. The molecular formula is C25H24ClF4N5O3S. The lowest BCUT2D eigenvalue weighted by Crippen LogP contribution is -2.60. The third kappa shape index (κ3) is 5.15. The maximum atomic E-state index is 14.2. The fourth-order valence-electron chi connectivity index (χ4n) is 5.10. The van der Waals surface area contributed by atoms with E-state index in [1.165, 1.54) is 16.0 Å². The molecule has 0 radical (unpaired) electrons. The Labute approximate surface area is 227 Å². The number of sulfonamides is 1. The number of fused-ring (bicyclic) bond motifs is 1. The van der Waals surface area contributed by atoms with Gasteiger partial charge in [-0.25, -0.2) is 13.4 Å². The first kappa shape index (κ1) is 27.6. The molecule has 8 nitrogen and oxygen atoms in total. The van der Waals surface area contributed by atoms with Crippen LogP contribution in [0.25, 0.3) is 10.8 Å². The molecule has 208 valence electrons. The third-order valence-electron chi connectivity index (χ3n) is 7.24. The molecule has 0 N–H and O–H groups in total. The second kappa shape index (κ2) is 10.5. The van der Waals surface area contributed by atoms with Crippen molar-refractivity contribution in [3.63, 3.8) is 0 Å². The predicted octanol–water partition coefficient (Wildman–Crippen LogP) is 3.79. The number of pyridine rings is 1. The fraction of sp³-hybridized carbons (Fsp3) is 0.360. The van der Waals surface area contributed by atoms with Crippen molar-refractivity contribution in [3.8, 4) is 0 Å². The lowest BCUT2D eigenvalue weighted by molar-refractivity contribution is -0.156. The number of carbonyl (C=O) groups excluding carboxylic acids is 1. The van der Waals surface area contributed by atoms with Crippen LogP contribution < -0.4 is 4.90 Å². The van der Waals surface area contributed by atoms with Crippen LogP contribution in [0.15, 0.2) is 41.3 Å². The standard InChI is InChI=1S/C25H24ClF4N5O3S/c1-32(18-6-8-33(9-7-18)23-21(27)24(29)31-25(30)22(23)28)35-11-10-34(14-20(35)36)39(37,38)19-5-3-15-12-17(26)4-2-16(15)13-19/h2-5,12-13,18H,6-11,14H2,1H3. The summed E-state index contributed by atoms with van der Waals surface area (Å²) in [5, 5.41) is 5.19. The summed E-state index contributed by atoms with van der Waals surface area (Å²) in [7, 11) is -2.25. The summed E-state index contributed by atoms with van der Waals surface area (Å²) in [5.74, 6) is -6.95. The smallest absolute Gasteiger partial charge is 0.253 e. The molecule has 2 aromatic carbocycles. The molecule has 0 atom stereocenters. The number of hydrogen-bond donors (Lipinski definition) is 0. The Bertz CT molecular complexity index is 1530. The molecule has 1 aromatic heterocycles. The largest absolute Gasteiger partial charge is 0.366 e. The number of carbonyl (C=O) groups is 1. The summed E-state index contributed by atoms with van der Waals surface area (Å²) >= 11 is 6.01. The van der Waals surface area contributed by atoms with Crippen LogP contribution in [0.2, 0.25) is 5.02 Å². The first-order valence-electron chi connectivity index (χ1n) is 12.1. The van der Waals surface area contributed by atoms with Crippen molar-refractivity contribution < 1.29 is 30.8 Å². The maximum absolute atomic E-state index is 14.2. The summed E-state index contributed by atoms with van der Waals surface area (Å²) < 4.78 is 83.1. The summed E-state index contributed by atoms with van der Waals surface area (Å²) in [6.07, 6.45) is 0.682. The van der Waals surface area contributed by atoms with Gasteiger partial charge in [-0.05, 0) is 47.9 Å². The van der Waals surface area contributed by atoms with E-state index in [4.69, 9.17) is 11.6 Å². The number of amides is 1. The zero-order valence-corrected chi connectivity index (χ0v) is 22.3. The van der Waals surface area contributed by atoms with Gasteiger partial charge in [-0.1, -0.05) is 23.7 Å². The third-order valence-corrected chi connectivity index (χ3v) is 9.31. The van der Waals surface area contributed by atoms with Crippen LogP contribution in [0.4, 0.5) is 23.2 Å². The molecule has 3 aromatic rings. The van der Waals surface area contributed by atoms with Crippen molar-refractivity contribution in [2.75, 3.05) is 44.7 Å². The van der Waals surface area contributed by atoms with Crippen LogP contribution in [0.3, 0.4) is 0 Å². The van der Waals surface area contributed by atoms with Gasteiger partial charge in [0.25, 0.3) is 17.8 Å². The molecular weight excluding hydrogens is 562 g/mol. The predicted molar refractivity (Wildman–Crippen MR) is 136 cm³/mol. The normalized spacial score (nSPS) is 18.0. The van der Waals surface area contributed by atoms with Gasteiger partial charge in [-0.3, -0.25) is 9.80 Å². The van der Waals surface area contributed by atoms with E-state index < -0.39 is 45.1 Å². The quantitative estimate of drug-likeness (QED) is 0.335. The van der Waals surface area contributed by atoms with Gasteiger partial charge < -0.3 is 4.90 Å². The van der Waals surface area contributed by atoms with Gasteiger partial charge >= 0.3 is 0 Å². The topological polar surface area (TPSA) is 77.1 Å². The Balaban J connectivity index is 1.24. The Kier molecular flexibility index (Phi) is 7.44. The summed E-state index contributed by atoms with van der Waals surface area (Å²) in [5.41, 5.74) is -0.798.